The van der Waals surface area contributed by atoms with Crippen molar-refractivity contribution in [2.75, 3.05) is 26.2 Å². The van der Waals surface area contributed by atoms with E-state index < -0.39 is 0 Å². The molecule has 3 heteroatoms. The van der Waals surface area contributed by atoms with Crippen LogP contribution in [0.2, 0.25) is 0 Å². The molecule has 0 amide bonds. The minimum Gasteiger partial charge on any atom is -0.375 e. The fourth-order valence-electron chi connectivity index (χ4n) is 3.18. The molecule has 2 unspecified atom stereocenters. The molecule has 100 valence electrons. The van der Waals surface area contributed by atoms with Crippen molar-refractivity contribution in [2.24, 2.45) is 0 Å². The zero-order valence-electron chi connectivity index (χ0n) is 11.5. The Labute approximate surface area is 106 Å². The van der Waals surface area contributed by atoms with Crippen LogP contribution in [0, 0.1) is 0 Å². The van der Waals surface area contributed by atoms with Crippen LogP contribution in [0.1, 0.15) is 46.0 Å². The lowest BCUT2D eigenvalue weighted by molar-refractivity contribution is -0.0422. The van der Waals surface area contributed by atoms with Crippen molar-refractivity contribution in [3.8, 4) is 0 Å². The van der Waals surface area contributed by atoms with E-state index in [-0.39, 0.29) is 0 Å². The lowest BCUT2D eigenvalue weighted by Gasteiger charge is -2.33. The summed E-state index contributed by atoms with van der Waals surface area (Å²) in [5.41, 5.74) is 0. The Balaban J connectivity index is 1.60. The molecular weight excluding hydrogens is 212 g/mol. The van der Waals surface area contributed by atoms with Crippen molar-refractivity contribution >= 4 is 0 Å². The summed E-state index contributed by atoms with van der Waals surface area (Å²) in [5, 5.41) is 3.71. The molecule has 2 rings (SSSR count). The molecule has 0 saturated carbocycles. The molecule has 2 saturated heterocycles. The monoisotopic (exact) mass is 240 g/mol. The molecule has 2 atom stereocenters. The smallest absolute Gasteiger partial charge is 0.0565 e. The number of piperidine rings is 1. The maximum atomic E-state index is 5.76. The Morgan fingerprint density at radius 3 is 2.35 bits per heavy atom. The van der Waals surface area contributed by atoms with Crippen molar-refractivity contribution in [1.82, 2.24) is 10.2 Å². The normalized spacial score (nSPS) is 36.0. The standard InChI is InChI=1S/C14H28N2O/c1-12-10-14(11-13(2)17-12)15-6-9-16-7-4-3-5-8-16/h12-15H,3-11H2,1-2H3. The topological polar surface area (TPSA) is 24.5 Å². The molecule has 17 heavy (non-hydrogen) atoms. The van der Waals surface area contributed by atoms with E-state index in [1.165, 1.54) is 51.7 Å². The van der Waals surface area contributed by atoms with E-state index in [4.69, 9.17) is 4.74 Å². The summed E-state index contributed by atoms with van der Waals surface area (Å²) in [6, 6.07) is 0.665. The first-order valence-electron chi connectivity index (χ1n) is 7.35. The minimum atomic E-state index is 0.422. The van der Waals surface area contributed by atoms with Gasteiger partial charge in [-0.1, -0.05) is 6.42 Å². The summed E-state index contributed by atoms with van der Waals surface area (Å²) in [6.45, 7) is 9.36. The highest BCUT2D eigenvalue weighted by Crippen LogP contribution is 2.18. The largest absolute Gasteiger partial charge is 0.375 e. The average molecular weight is 240 g/mol. The molecule has 0 aromatic carbocycles. The number of nitrogens with one attached hydrogen (secondary N) is 1. The summed E-state index contributed by atoms with van der Waals surface area (Å²) in [7, 11) is 0. The van der Waals surface area contributed by atoms with Crippen LogP contribution in [0.15, 0.2) is 0 Å². The summed E-state index contributed by atoms with van der Waals surface area (Å²) >= 11 is 0. The molecule has 3 nitrogen and oxygen atoms in total. The third-order valence-electron chi connectivity index (χ3n) is 4.01. The fraction of sp³-hybridized carbons (Fsp3) is 1.00. The highest BCUT2D eigenvalue weighted by molar-refractivity contribution is 4.79. The molecule has 2 heterocycles. The summed E-state index contributed by atoms with van der Waals surface area (Å²) in [4.78, 5) is 2.60. The van der Waals surface area contributed by atoms with Crippen LogP contribution >= 0.6 is 0 Å². The Morgan fingerprint density at radius 1 is 1.06 bits per heavy atom. The highest BCUT2D eigenvalue weighted by Gasteiger charge is 2.23. The van der Waals surface area contributed by atoms with Gasteiger partial charge >= 0.3 is 0 Å². The Bertz CT molecular complexity index is 206. The molecule has 2 fully saturated rings. The second-order valence-corrected chi connectivity index (χ2v) is 5.78. The van der Waals surface area contributed by atoms with Gasteiger partial charge in [0, 0.05) is 19.1 Å². The van der Waals surface area contributed by atoms with Gasteiger partial charge in [-0.3, -0.25) is 0 Å². The predicted octanol–water partition coefficient (Wildman–Crippen LogP) is 2.02. The lowest BCUT2D eigenvalue weighted by Crippen LogP contribution is -2.44. The summed E-state index contributed by atoms with van der Waals surface area (Å²) < 4.78 is 5.76. The van der Waals surface area contributed by atoms with Crippen LogP contribution in [-0.4, -0.2) is 49.3 Å². The van der Waals surface area contributed by atoms with E-state index in [1.54, 1.807) is 0 Å². The fourth-order valence-corrected chi connectivity index (χ4v) is 3.18. The molecule has 0 aromatic heterocycles. The van der Waals surface area contributed by atoms with E-state index in [0.717, 1.165) is 6.54 Å². The van der Waals surface area contributed by atoms with E-state index >= 15 is 0 Å². The SMILES string of the molecule is CC1CC(NCCN2CCCCC2)CC(C)O1. The Hall–Kier alpha value is -0.120. The molecule has 0 bridgehead atoms. The van der Waals surface area contributed by atoms with Gasteiger partial charge in [0.05, 0.1) is 12.2 Å². The van der Waals surface area contributed by atoms with Crippen LogP contribution < -0.4 is 5.32 Å². The number of rotatable bonds is 4. The zero-order valence-corrected chi connectivity index (χ0v) is 11.5. The molecule has 0 spiro atoms. The van der Waals surface area contributed by atoms with Crippen LogP contribution in [0.3, 0.4) is 0 Å². The lowest BCUT2D eigenvalue weighted by atomic mass is 10.00. The van der Waals surface area contributed by atoms with Gasteiger partial charge in [-0.15, -0.1) is 0 Å². The molecule has 2 aliphatic heterocycles. The first kappa shape index (κ1) is 13.3. The van der Waals surface area contributed by atoms with Crippen LogP contribution in [0.4, 0.5) is 0 Å². The average Bonchev–Trinajstić information content (AvgIpc) is 2.29. The Kier molecular flexibility index (Phi) is 5.26. The van der Waals surface area contributed by atoms with Crippen molar-refractivity contribution in [3.63, 3.8) is 0 Å². The molecule has 1 N–H and O–H groups in total. The number of likely N-dealkylation sites (tertiary alicyclic amines) is 1. The van der Waals surface area contributed by atoms with Crippen molar-refractivity contribution in [2.45, 2.75) is 64.2 Å². The van der Waals surface area contributed by atoms with Gasteiger partial charge in [-0.2, -0.15) is 0 Å². The van der Waals surface area contributed by atoms with E-state index in [1.807, 2.05) is 0 Å². The molecule has 2 aliphatic rings. The molecule has 0 radical (unpaired) electrons. The minimum absolute atomic E-state index is 0.422. The van der Waals surface area contributed by atoms with Crippen molar-refractivity contribution in [3.05, 3.63) is 0 Å². The van der Waals surface area contributed by atoms with Gasteiger partial charge in [0.25, 0.3) is 0 Å². The summed E-state index contributed by atoms with van der Waals surface area (Å²) in [5.74, 6) is 0. The number of hydrogen-bond donors (Lipinski definition) is 1. The molecule has 0 aliphatic carbocycles. The molecular formula is C14H28N2O. The molecule has 0 aromatic rings. The third-order valence-corrected chi connectivity index (χ3v) is 4.01. The number of ether oxygens (including phenoxy) is 1. The number of nitrogens with zero attached hydrogens (tertiary/aromatic N) is 1. The Morgan fingerprint density at radius 2 is 1.71 bits per heavy atom. The van der Waals surface area contributed by atoms with Gasteiger partial charge in [0.1, 0.15) is 0 Å². The van der Waals surface area contributed by atoms with Gasteiger partial charge in [-0.05, 0) is 52.6 Å². The second kappa shape index (κ2) is 6.72. The van der Waals surface area contributed by atoms with Crippen molar-refractivity contribution in [1.29, 1.82) is 0 Å². The van der Waals surface area contributed by atoms with E-state index in [2.05, 4.69) is 24.1 Å². The van der Waals surface area contributed by atoms with Gasteiger partial charge < -0.3 is 15.0 Å². The number of hydrogen-bond acceptors (Lipinski definition) is 3. The third kappa shape index (κ3) is 4.57. The van der Waals surface area contributed by atoms with Crippen molar-refractivity contribution < 1.29 is 4.74 Å². The maximum absolute atomic E-state index is 5.76. The van der Waals surface area contributed by atoms with E-state index in [0.29, 0.717) is 18.2 Å². The van der Waals surface area contributed by atoms with E-state index in [9.17, 15) is 0 Å². The van der Waals surface area contributed by atoms with Crippen LogP contribution in [0.25, 0.3) is 0 Å². The van der Waals surface area contributed by atoms with Gasteiger partial charge in [-0.25, -0.2) is 0 Å². The first-order chi connectivity index (χ1) is 8.24. The van der Waals surface area contributed by atoms with Crippen LogP contribution in [0.5, 0.6) is 0 Å². The van der Waals surface area contributed by atoms with Gasteiger partial charge in [0.2, 0.25) is 0 Å². The first-order valence-corrected chi connectivity index (χ1v) is 7.35. The second-order valence-electron chi connectivity index (χ2n) is 5.78. The predicted molar refractivity (Wildman–Crippen MR) is 71.3 cm³/mol. The zero-order chi connectivity index (χ0) is 12.1. The van der Waals surface area contributed by atoms with Crippen LogP contribution in [-0.2, 0) is 4.74 Å². The summed E-state index contributed by atoms with van der Waals surface area (Å²) in [6.07, 6.45) is 7.40. The highest BCUT2D eigenvalue weighted by atomic mass is 16.5. The maximum Gasteiger partial charge on any atom is 0.0565 e. The van der Waals surface area contributed by atoms with Gasteiger partial charge in [0.15, 0.2) is 0 Å². The quantitative estimate of drug-likeness (QED) is 0.813.